The molecule has 1 aromatic heterocycles. The van der Waals surface area contributed by atoms with Gasteiger partial charge in [0, 0.05) is 22.5 Å². The van der Waals surface area contributed by atoms with Crippen LogP contribution in [0.1, 0.15) is 74.7 Å². The van der Waals surface area contributed by atoms with Crippen molar-refractivity contribution in [2.45, 2.75) is 65.6 Å². The van der Waals surface area contributed by atoms with Crippen molar-refractivity contribution in [3.05, 3.63) is 34.8 Å². The predicted octanol–water partition coefficient (Wildman–Crippen LogP) is 3.89. The third-order valence-corrected chi connectivity index (χ3v) is 6.39. The minimum Gasteiger partial charge on any atom is -0.461 e. The van der Waals surface area contributed by atoms with E-state index in [9.17, 15) is 14.7 Å². The number of carbonyl (C=O) groups is 2. The van der Waals surface area contributed by atoms with Crippen LogP contribution < -0.4 is 0 Å². The summed E-state index contributed by atoms with van der Waals surface area (Å²) in [5.41, 5.74) is -0.159. The Morgan fingerprint density at radius 3 is 2.76 bits per heavy atom. The summed E-state index contributed by atoms with van der Waals surface area (Å²) < 4.78 is 11.4. The number of ketones is 1. The third kappa shape index (κ3) is 2.40. The number of allylic oxidation sites excluding steroid dienone is 1. The molecule has 25 heavy (non-hydrogen) atoms. The average molecular weight is 346 g/mol. The number of aryl methyl sites for hydroxylation is 1. The zero-order chi connectivity index (χ0) is 18.6. The Balaban J connectivity index is 2.19. The van der Waals surface area contributed by atoms with Gasteiger partial charge in [0.05, 0.1) is 11.9 Å². The number of hydrogen-bond donors (Lipinski definition) is 1. The van der Waals surface area contributed by atoms with E-state index in [0.29, 0.717) is 24.0 Å². The molecule has 0 amide bonds. The van der Waals surface area contributed by atoms with Crippen molar-refractivity contribution < 1.29 is 23.8 Å². The standard InChI is InChI=1S/C20H26O5/c1-6-11(2)18(22)25-17-14-12(3)10-24-16(14)15(21)13-8-7-9-19(4,23)20(13,17)5/h6,10,13,17,23H,7-9H2,1-5H3/t13-,17+,19+,20+/m0/s1. The van der Waals surface area contributed by atoms with Crippen LogP contribution in [0.25, 0.3) is 0 Å². The topological polar surface area (TPSA) is 76.7 Å². The molecule has 1 N–H and O–H groups in total. The van der Waals surface area contributed by atoms with E-state index in [4.69, 9.17) is 9.15 Å². The van der Waals surface area contributed by atoms with E-state index in [-0.39, 0.29) is 11.5 Å². The van der Waals surface area contributed by atoms with Gasteiger partial charge in [0.15, 0.2) is 5.76 Å². The first-order valence-electron chi connectivity index (χ1n) is 8.83. The Labute approximate surface area is 148 Å². The first-order chi connectivity index (χ1) is 11.6. The molecule has 5 heteroatoms. The molecule has 2 aliphatic carbocycles. The number of esters is 1. The number of carbonyl (C=O) groups excluding carboxylic acids is 2. The fraction of sp³-hybridized carbons (Fsp3) is 0.600. The van der Waals surface area contributed by atoms with Crippen molar-refractivity contribution in [2.75, 3.05) is 0 Å². The highest BCUT2D eigenvalue weighted by atomic mass is 16.5. The fourth-order valence-electron chi connectivity index (χ4n) is 4.39. The van der Waals surface area contributed by atoms with E-state index < -0.39 is 29.0 Å². The molecule has 0 saturated heterocycles. The van der Waals surface area contributed by atoms with Crippen LogP contribution in [0, 0.1) is 18.3 Å². The molecule has 1 aromatic rings. The monoisotopic (exact) mass is 346 g/mol. The summed E-state index contributed by atoms with van der Waals surface area (Å²) >= 11 is 0. The number of rotatable bonds is 2. The number of aliphatic hydroxyl groups is 1. The second kappa shape index (κ2) is 5.84. The minimum atomic E-state index is -1.12. The van der Waals surface area contributed by atoms with E-state index in [2.05, 4.69) is 0 Å². The third-order valence-electron chi connectivity index (χ3n) is 6.39. The molecule has 1 fully saturated rings. The van der Waals surface area contributed by atoms with E-state index in [1.165, 1.54) is 6.26 Å². The molecular formula is C20H26O5. The molecule has 136 valence electrons. The lowest BCUT2D eigenvalue weighted by atomic mass is 9.51. The maximum absolute atomic E-state index is 13.0. The molecule has 4 atom stereocenters. The van der Waals surface area contributed by atoms with Crippen LogP contribution in [0.3, 0.4) is 0 Å². The van der Waals surface area contributed by atoms with Gasteiger partial charge in [-0.2, -0.15) is 0 Å². The van der Waals surface area contributed by atoms with E-state index in [1.54, 1.807) is 26.8 Å². The zero-order valence-corrected chi connectivity index (χ0v) is 15.5. The van der Waals surface area contributed by atoms with Gasteiger partial charge in [0.25, 0.3) is 0 Å². The Morgan fingerprint density at radius 2 is 2.12 bits per heavy atom. The second-order valence-electron chi connectivity index (χ2n) is 7.78. The van der Waals surface area contributed by atoms with Gasteiger partial charge in [-0.15, -0.1) is 0 Å². The van der Waals surface area contributed by atoms with E-state index in [0.717, 1.165) is 12.0 Å². The number of ether oxygens (including phenoxy) is 1. The molecule has 0 aliphatic heterocycles. The smallest absolute Gasteiger partial charge is 0.334 e. The highest BCUT2D eigenvalue weighted by Crippen LogP contribution is 2.61. The quantitative estimate of drug-likeness (QED) is 0.649. The van der Waals surface area contributed by atoms with Crippen LogP contribution in [0.4, 0.5) is 0 Å². The van der Waals surface area contributed by atoms with Gasteiger partial charge in [0.2, 0.25) is 5.78 Å². The maximum atomic E-state index is 13.0. The van der Waals surface area contributed by atoms with Crippen molar-refractivity contribution in [3.63, 3.8) is 0 Å². The molecular weight excluding hydrogens is 320 g/mol. The first kappa shape index (κ1) is 17.9. The lowest BCUT2D eigenvalue weighted by molar-refractivity contribution is -0.194. The summed E-state index contributed by atoms with van der Waals surface area (Å²) in [6.45, 7) is 8.92. The zero-order valence-electron chi connectivity index (χ0n) is 15.5. The maximum Gasteiger partial charge on any atom is 0.334 e. The van der Waals surface area contributed by atoms with Crippen molar-refractivity contribution in [1.82, 2.24) is 0 Å². The molecule has 0 radical (unpaired) electrons. The van der Waals surface area contributed by atoms with Crippen LogP contribution in [0.2, 0.25) is 0 Å². The number of furan rings is 1. The summed E-state index contributed by atoms with van der Waals surface area (Å²) in [7, 11) is 0. The summed E-state index contributed by atoms with van der Waals surface area (Å²) in [6.07, 6.45) is 4.47. The lowest BCUT2D eigenvalue weighted by Gasteiger charge is -2.55. The molecule has 0 spiro atoms. The normalized spacial score (nSPS) is 35.1. The van der Waals surface area contributed by atoms with Crippen molar-refractivity contribution in [1.29, 1.82) is 0 Å². The highest BCUT2D eigenvalue weighted by Gasteiger charge is 2.63. The van der Waals surface area contributed by atoms with Gasteiger partial charge in [-0.3, -0.25) is 4.79 Å². The molecule has 1 heterocycles. The number of Topliss-reactive ketones (excluding diaryl/α,β-unsaturated/α-hetero) is 1. The van der Waals surface area contributed by atoms with Crippen LogP contribution >= 0.6 is 0 Å². The fourth-order valence-corrected chi connectivity index (χ4v) is 4.39. The Morgan fingerprint density at radius 1 is 1.44 bits per heavy atom. The summed E-state index contributed by atoms with van der Waals surface area (Å²) in [5, 5.41) is 11.2. The van der Waals surface area contributed by atoms with Crippen LogP contribution in [-0.2, 0) is 9.53 Å². The summed E-state index contributed by atoms with van der Waals surface area (Å²) in [6, 6.07) is 0. The Bertz CT molecular complexity index is 754. The Hall–Kier alpha value is -1.88. The van der Waals surface area contributed by atoms with Crippen LogP contribution in [0.15, 0.2) is 22.3 Å². The lowest BCUT2D eigenvalue weighted by Crippen LogP contribution is -2.59. The highest BCUT2D eigenvalue weighted by molar-refractivity contribution is 5.99. The van der Waals surface area contributed by atoms with Crippen LogP contribution in [0.5, 0.6) is 0 Å². The Kier molecular flexibility index (Phi) is 4.18. The summed E-state index contributed by atoms with van der Waals surface area (Å²) in [5.74, 6) is -0.693. The van der Waals surface area contributed by atoms with Crippen molar-refractivity contribution in [2.24, 2.45) is 11.3 Å². The van der Waals surface area contributed by atoms with E-state index >= 15 is 0 Å². The van der Waals surface area contributed by atoms with Crippen molar-refractivity contribution in [3.8, 4) is 0 Å². The van der Waals surface area contributed by atoms with E-state index in [1.807, 2.05) is 13.8 Å². The second-order valence-corrected chi connectivity index (χ2v) is 7.78. The van der Waals surface area contributed by atoms with Gasteiger partial charge in [0.1, 0.15) is 6.10 Å². The van der Waals surface area contributed by atoms with Gasteiger partial charge in [-0.1, -0.05) is 13.0 Å². The SMILES string of the molecule is CC=C(C)C(=O)O[C@@H]1c2c(C)coc2C(=O)[C@@H]2CCC[C@@](C)(O)[C@@]12C. The molecule has 0 unspecified atom stereocenters. The van der Waals surface area contributed by atoms with Gasteiger partial charge < -0.3 is 14.3 Å². The molecule has 0 bridgehead atoms. The molecule has 3 rings (SSSR count). The average Bonchev–Trinajstić information content (AvgIpc) is 2.94. The van der Waals surface area contributed by atoms with Gasteiger partial charge in [-0.05, 0) is 52.5 Å². The van der Waals surface area contributed by atoms with Crippen molar-refractivity contribution >= 4 is 11.8 Å². The number of fused-ring (bicyclic) bond motifs is 2. The minimum absolute atomic E-state index is 0.0966. The largest absolute Gasteiger partial charge is 0.461 e. The predicted molar refractivity (Wildman–Crippen MR) is 92.1 cm³/mol. The molecule has 0 aromatic carbocycles. The van der Waals surface area contributed by atoms with Gasteiger partial charge in [-0.25, -0.2) is 4.79 Å². The first-order valence-corrected chi connectivity index (χ1v) is 8.83. The number of hydrogen-bond acceptors (Lipinski definition) is 5. The van der Waals surface area contributed by atoms with Crippen LogP contribution in [-0.4, -0.2) is 22.5 Å². The molecule has 1 saturated carbocycles. The summed E-state index contributed by atoms with van der Waals surface area (Å²) in [4.78, 5) is 25.5. The molecule has 2 aliphatic rings. The molecule has 5 nitrogen and oxygen atoms in total. The van der Waals surface area contributed by atoms with Gasteiger partial charge >= 0.3 is 5.97 Å².